The van der Waals surface area contributed by atoms with Gasteiger partial charge in [0.1, 0.15) is 0 Å². The minimum atomic E-state index is -0.337. The standard InChI is InChI=1S/C13H14N2O2.C6H8N2O2/c1-2-17-13(16)12-8-14-15(10-12)9-11-6-4-3-5-7-11;1-2-10-6(9)5-3-7-8-4-5/h3-8,10H,2,9H2,1H3;3-4H,2H2,1H3,(H,7,8). The molecule has 142 valence electrons. The molecule has 8 heteroatoms. The van der Waals surface area contributed by atoms with E-state index in [-0.39, 0.29) is 11.9 Å². The van der Waals surface area contributed by atoms with E-state index in [9.17, 15) is 9.59 Å². The van der Waals surface area contributed by atoms with Gasteiger partial charge in [0, 0.05) is 12.4 Å². The summed E-state index contributed by atoms with van der Waals surface area (Å²) < 4.78 is 11.3. The van der Waals surface area contributed by atoms with Crippen molar-refractivity contribution in [2.24, 2.45) is 0 Å². The van der Waals surface area contributed by atoms with E-state index in [0.717, 1.165) is 5.56 Å². The third kappa shape index (κ3) is 6.43. The Kier molecular flexibility index (Phi) is 7.77. The number of hydrogen-bond acceptors (Lipinski definition) is 6. The summed E-state index contributed by atoms with van der Waals surface area (Å²) in [5.74, 6) is -0.664. The van der Waals surface area contributed by atoms with E-state index >= 15 is 0 Å². The quantitative estimate of drug-likeness (QED) is 0.670. The Morgan fingerprint density at radius 3 is 2.26 bits per heavy atom. The molecule has 2 heterocycles. The molecule has 0 bridgehead atoms. The number of H-pyrrole nitrogens is 1. The molecule has 3 aromatic rings. The van der Waals surface area contributed by atoms with Crippen LogP contribution in [0.4, 0.5) is 0 Å². The van der Waals surface area contributed by atoms with Crippen LogP contribution in [0.15, 0.2) is 55.1 Å². The van der Waals surface area contributed by atoms with E-state index in [0.29, 0.717) is 30.9 Å². The van der Waals surface area contributed by atoms with Crippen molar-refractivity contribution in [3.05, 3.63) is 71.8 Å². The van der Waals surface area contributed by atoms with Gasteiger partial charge in [0.05, 0.1) is 43.3 Å². The van der Waals surface area contributed by atoms with Crippen LogP contribution in [0.1, 0.15) is 40.1 Å². The van der Waals surface area contributed by atoms with Crippen LogP contribution in [0.25, 0.3) is 0 Å². The highest BCUT2D eigenvalue weighted by Crippen LogP contribution is 2.05. The normalized spacial score (nSPS) is 9.85. The van der Waals surface area contributed by atoms with Crippen LogP contribution in [0.3, 0.4) is 0 Å². The number of carbonyl (C=O) groups excluding carboxylic acids is 2. The highest BCUT2D eigenvalue weighted by atomic mass is 16.5. The fourth-order valence-electron chi connectivity index (χ4n) is 2.12. The maximum Gasteiger partial charge on any atom is 0.341 e. The highest BCUT2D eigenvalue weighted by molar-refractivity contribution is 5.89. The molecule has 0 spiro atoms. The molecule has 0 aliphatic carbocycles. The number of ether oxygens (including phenoxy) is 2. The zero-order valence-electron chi connectivity index (χ0n) is 15.3. The number of rotatable bonds is 6. The van der Waals surface area contributed by atoms with Gasteiger partial charge in [-0.25, -0.2) is 9.59 Å². The fourth-order valence-corrected chi connectivity index (χ4v) is 2.12. The predicted molar refractivity (Wildman–Crippen MR) is 98.3 cm³/mol. The summed E-state index contributed by atoms with van der Waals surface area (Å²) >= 11 is 0. The molecule has 1 N–H and O–H groups in total. The molecule has 0 unspecified atom stereocenters. The first-order valence-corrected chi connectivity index (χ1v) is 8.53. The molecule has 0 atom stereocenters. The molecular weight excluding hydrogens is 348 g/mol. The lowest BCUT2D eigenvalue weighted by atomic mass is 10.2. The lowest BCUT2D eigenvalue weighted by Crippen LogP contribution is -2.03. The molecule has 0 aliphatic heterocycles. The Hall–Kier alpha value is -3.42. The lowest BCUT2D eigenvalue weighted by Gasteiger charge is -2.00. The van der Waals surface area contributed by atoms with Crippen molar-refractivity contribution in [3.63, 3.8) is 0 Å². The molecule has 2 aromatic heterocycles. The van der Waals surface area contributed by atoms with Crippen LogP contribution in [0.5, 0.6) is 0 Å². The van der Waals surface area contributed by atoms with Crippen molar-refractivity contribution in [2.45, 2.75) is 20.4 Å². The number of benzene rings is 1. The number of nitrogens with zero attached hydrogens (tertiary/aromatic N) is 3. The van der Waals surface area contributed by atoms with Crippen molar-refractivity contribution >= 4 is 11.9 Å². The Balaban J connectivity index is 0.000000223. The van der Waals surface area contributed by atoms with Gasteiger partial charge in [-0.3, -0.25) is 9.78 Å². The van der Waals surface area contributed by atoms with Gasteiger partial charge in [-0.05, 0) is 19.4 Å². The van der Waals surface area contributed by atoms with Gasteiger partial charge in [-0.15, -0.1) is 0 Å². The predicted octanol–water partition coefficient (Wildman–Crippen LogP) is 2.69. The Labute approximate surface area is 157 Å². The average molecular weight is 370 g/mol. The summed E-state index contributed by atoms with van der Waals surface area (Å²) in [6, 6.07) is 9.96. The maximum absolute atomic E-state index is 11.4. The number of aromatic amines is 1. The summed E-state index contributed by atoms with van der Waals surface area (Å²) in [7, 11) is 0. The molecule has 0 saturated carbocycles. The first-order valence-electron chi connectivity index (χ1n) is 8.53. The summed E-state index contributed by atoms with van der Waals surface area (Å²) in [5.41, 5.74) is 2.09. The van der Waals surface area contributed by atoms with Gasteiger partial charge >= 0.3 is 11.9 Å². The van der Waals surface area contributed by atoms with Crippen molar-refractivity contribution in [3.8, 4) is 0 Å². The van der Waals surface area contributed by atoms with Gasteiger partial charge in [0.2, 0.25) is 0 Å². The molecule has 0 amide bonds. The van der Waals surface area contributed by atoms with Crippen LogP contribution in [-0.2, 0) is 16.0 Å². The lowest BCUT2D eigenvalue weighted by molar-refractivity contribution is 0.0516. The van der Waals surface area contributed by atoms with Crippen LogP contribution in [-0.4, -0.2) is 45.1 Å². The molecule has 0 fully saturated rings. The van der Waals surface area contributed by atoms with E-state index in [1.54, 1.807) is 24.7 Å². The van der Waals surface area contributed by atoms with Crippen LogP contribution in [0.2, 0.25) is 0 Å². The third-order valence-electron chi connectivity index (χ3n) is 3.34. The van der Waals surface area contributed by atoms with Crippen LogP contribution in [0, 0.1) is 0 Å². The van der Waals surface area contributed by atoms with E-state index in [2.05, 4.69) is 20.0 Å². The van der Waals surface area contributed by atoms with Crippen LogP contribution < -0.4 is 0 Å². The molecule has 0 aliphatic rings. The number of aromatic nitrogens is 4. The van der Waals surface area contributed by atoms with E-state index < -0.39 is 0 Å². The second-order valence-electron chi connectivity index (χ2n) is 5.34. The Morgan fingerprint density at radius 1 is 1.00 bits per heavy atom. The molecule has 1 aromatic carbocycles. The van der Waals surface area contributed by atoms with Crippen molar-refractivity contribution in [1.29, 1.82) is 0 Å². The topological polar surface area (TPSA) is 99.1 Å². The van der Waals surface area contributed by atoms with Crippen molar-refractivity contribution in [1.82, 2.24) is 20.0 Å². The van der Waals surface area contributed by atoms with Gasteiger partial charge in [0.15, 0.2) is 0 Å². The second-order valence-corrected chi connectivity index (χ2v) is 5.34. The summed E-state index contributed by atoms with van der Waals surface area (Å²) in [4.78, 5) is 22.3. The highest BCUT2D eigenvalue weighted by Gasteiger charge is 2.09. The monoisotopic (exact) mass is 370 g/mol. The first kappa shape index (κ1) is 19.9. The molecular formula is C19H22N4O4. The van der Waals surface area contributed by atoms with Gasteiger partial charge < -0.3 is 9.47 Å². The summed E-state index contributed by atoms with van der Waals surface area (Å²) in [5, 5.41) is 10.2. The molecule has 27 heavy (non-hydrogen) atoms. The summed E-state index contributed by atoms with van der Waals surface area (Å²) in [6.45, 7) is 4.97. The molecule has 8 nitrogen and oxygen atoms in total. The SMILES string of the molecule is CCOC(=O)c1cn[nH]c1.CCOC(=O)c1cnn(Cc2ccccc2)c1. The van der Waals surface area contributed by atoms with Gasteiger partial charge in [0.25, 0.3) is 0 Å². The number of hydrogen-bond donors (Lipinski definition) is 1. The number of esters is 2. The minimum Gasteiger partial charge on any atom is -0.462 e. The smallest absolute Gasteiger partial charge is 0.341 e. The third-order valence-corrected chi connectivity index (χ3v) is 3.34. The largest absolute Gasteiger partial charge is 0.462 e. The Bertz CT molecular complexity index is 829. The minimum absolute atomic E-state index is 0.327. The fraction of sp³-hybridized carbons (Fsp3) is 0.263. The van der Waals surface area contributed by atoms with E-state index in [4.69, 9.17) is 4.74 Å². The van der Waals surface area contributed by atoms with Gasteiger partial charge in [-0.1, -0.05) is 30.3 Å². The second kappa shape index (κ2) is 10.5. The van der Waals surface area contributed by atoms with Crippen LogP contribution >= 0.6 is 0 Å². The number of nitrogens with one attached hydrogen (secondary N) is 1. The molecule has 0 saturated heterocycles. The number of carbonyl (C=O) groups is 2. The molecule has 3 rings (SSSR count). The van der Waals surface area contributed by atoms with Gasteiger partial charge in [-0.2, -0.15) is 10.2 Å². The Morgan fingerprint density at radius 2 is 1.67 bits per heavy atom. The van der Waals surface area contributed by atoms with E-state index in [1.807, 2.05) is 30.3 Å². The van der Waals surface area contributed by atoms with E-state index in [1.165, 1.54) is 18.6 Å². The maximum atomic E-state index is 11.4. The average Bonchev–Trinajstić information content (AvgIpc) is 3.36. The molecule has 0 radical (unpaired) electrons. The summed E-state index contributed by atoms with van der Waals surface area (Å²) in [6.07, 6.45) is 6.15. The zero-order chi connectivity index (χ0) is 19.5. The zero-order valence-corrected chi connectivity index (χ0v) is 15.3. The first-order chi connectivity index (χ1) is 13.1. The van der Waals surface area contributed by atoms with Crippen molar-refractivity contribution < 1.29 is 19.1 Å². The van der Waals surface area contributed by atoms with Crippen molar-refractivity contribution in [2.75, 3.05) is 13.2 Å².